The Balaban J connectivity index is 1.97. The van der Waals surface area contributed by atoms with Crippen LogP contribution in [-0.4, -0.2) is 50.8 Å². The van der Waals surface area contributed by atoms with Gasteiger partial charge in [-0.05, 0) is 52.2 Å². The highest BCUT2D eigenvalue weighted by Gasteiger charge is 2.33. The first kappa shape index (κ1) is 11.4. The SMILES string of the molecule is CN(C)C(C1CCOCC1)C1CCCN1. The van der Waals surface area contributed by atoms with Crippen LogP contribution in [0.2, 0.25) is 0 Å². The highest BCUT2D eigenvalue weighted by Crippen LogP contribution is 2.27. The maximum absolute atomic E-state index is 5.45. The summed E-state index contributed by atoms with van der Waals surface area (Å²) in [4.78, 5) is 2.42. The smallest absolute Gasteiger partial charge is 0.0469 e. The molecule has 0 radical (unpaired) electrons. The molecule has 0 aromatic carbocycles. The van der Waals surface area contributed by atoms with Gasteiger partial charge in [0.1, 0.15) is 0 Å². The van der Waals surface area contributed by atoms with Gasteiger partial charge in [-0.3, -0.25) is 0 Å². The van der Waals surface area contributed by atoms with Gasteiger partial charge in [0.15, 0.2) is 0 Å². The lowest BCUT2D eigenvalue weighted by Gasteiger charge is -2.38. The molecule has 88 valence electrons. The van der Waals surface area contributed by atoms with Crippen molar-refractivity contribution in [3.05, 3.63) is 0 Å². The van der Waals surface area contributed by atoms with E-state index in [1.165, 1.54) is 32.2 Å². The van der Waals surface area contributed by atoms with Crippen molar-refractivity contribution in [3.63, 3.8) is 0 Å². The van der Waals surface area contributed by atoms with Gasteiger partial charge in [-0.25, -0.2) is 0 Å². The second-order valence-corrected chi connectivity index (χ2v) is 5.11. The van der Waals surface area contributed by atoms with Crippen molar-refractivity contribution in [1.82, 2.24) is 10.2 Å². The molecule has 2 saturated heterocycles. The third-order valence-corrected chi connectivity index (χ3v) is 3.86. The number of likely N-dealkylation sites (N-methyl/N-ethyl adjacent to an activating group) is 1. The maximum atomic E-state index is 5.45. The number of hydrogen-bond donors (Lipinski definition) is 1. The molecule has 0 bridgehead atoms. The van der Waals surface area contributed by atoms with Crippen molar-refractivity contribution in [2.75, 3.05) is 33.9 Å². The van der Waals surface area contributed by atoms with Gasteiger partial charge in [-0.1, -0.05) is 0 Å². The molecule has 15 heavy (non-hydrogen) atoms. The lowest BCUT2D eigenvalue weighted by molar-refractivity contribution is 0.0286. The van der Waals surface area contributed by atoms with E-state index in [0.29, 0.717) is 12.1 Å². The largest absolute Gasteiger partial charge is 0.381 e. The van der Waals surface area contributed by atoms with Crippen LogP contribution in [0.4, 0.5) is 0 Å². The Morgan fingerprint density at radius 1 is 1.20 bits per heavy atom. The summed E-state index contributed by atoms with van der Waals surface area (Å²) < 4.78 is 5.45. The van der Waals surface area contributed by atoms with Crippen molar-refractivity contribution >= 4 is 0 Å². The molecule has 3 nitrogen and oxygen atoms in total. The summed E-state index contributed by atoms with van der Waals surface area (Å²) in [6, 6.07) is 1.42. The molecule has 0 amide bonds. The van der Waals surface area contributed by atoms with E-state index in [1.807, 2.05) is 0 Å². The minimum Gasteiger partial charge on any atom is -0.381 e. The summed E-state index contributed by atoms with van der Waals surface area (Å²) in [7, 11) is 4.44. The molecule has 2 unspecified atom stereocenters. The maximum Gasteiger partial charge on any atom is 0.0469 e. The van der Waals surface area contributed by atoms with Gasteiger partial charge in [0.25, 0.3) is 0 Å². The highest BCUT2D eigenvalue weighted by molar-refractivity contribution is 4.91. The van der Waals surface area contributed by atoms with Crippen LogP contribution in [0.5, 0.6) is 0 Å². The Kier molecular flexibility index (Phi) is 4.00. The molecule has 0 spiro atoms. The highest BCUT2D eigenvalue weighted by atomic mass is 16.5. The first-order valence-corrected chi connectivity index (χ1v) is 6.26. The van der Waals surface area contributed by atoms with Crippen LogP contribution < -0.4 is 5.32 Å². The Bertz CT molecular complexity index is 184. The van der Waals surface area contributed by atoms with E-state index in [1.54, 1.807) is 0 Å². The monoisotopic (exact) mass is 212 g/mol. The molecule has 2 aliphatic heterocycles. The topological polar surface area (TPSA) is 24.5 Å². The predicted octanol–water partition coefficient (Wildman–Crippen LogP) is 1.10. The Morgan fingerprint density at radius 2 is 1.93 bits per heavy atom. The van der Waals surface area contributed by atoms with Gasteiger partial charge >= 0.3 is 0 Å². The molecule has 0 saturated carbocycles. The lowest BCUT2D eigenvalue weighted by atomic mass is 9.86. The third-order valence-electron chi connectivity index (χ3n) is 3.86. The van der Waals surface area contributed by atoms with Crippen LogP contribution in [0, 0.1) is 5.92 Å². The summed E-state index contributed by atoms with van der Waals surface area (Å²) in [5.74, 6) is 0.823. The van der Waals surface area contributed by atoms with Crippen LogP contribution in [0.1, 0.15) is 25.7 Å². The molecular weight excluding hydrogens is 188 g/mol. The molecule has 2 fully saturated rings. The number of ether oxygens (including phenoxy) is 1. The summed E-state index contributed by atoms with van der Waals surface area (Å²) in [6.45, 7) is 3.13. The average Bonchev–Trinajstić information content (AvgIpc) is 2.72. The molecule has 2 rings (SSSR count). The number of nitrogens with zero attached hydrogens (tertiary/aromatic N) is 1. The molecule has 0 aromatic heterocycles. The van der Waals surface area contributed by atoms with E-state index in [2.05, 4.69) is 24.3 Å². The molecule has 2 atom stereocenters. The van der Waals surface area contributed by atoms with Crippen molar-refractivity contribution in [2.24, 2.45) is 5.92 Å². The van der Waals surface area contributed by atoms with Gasteiger partial charge in [0.2, 0.25) is 0 Å². The van der Waals surface area contributed by atoms with Crippen LogP contribution in [0.3, 0.4) is 0 Å². The summed E-state index contributed by atoms with van der Waals surface area (Å²) in [5, 5.41) is 3.65. The minimum absolute atomic E-state index is 0.705. The fourth-order valence-corrected chi connectivity index (χ4v) is 3.17. The van der Waals surface area contributed by atoms with Crippen molar-refractivity contribution in [1.29, 1.82) is 0 Å². The average molecular weight is 212 g/mol. The Morgan fingerprint density at radius 3 is 2.47 bits per heavy atom. The molecule has 0 aromatic rings. The van der Waals surface area contributed by atoms with Crippen LogP contribution in [-0.2, 0) is 4.74 Å². The summed E-state index contributed by atoms with van der Waals surface area (Å²) in [6.07, 6.45) is 5.17. The van der Waals surface area contributed by atoms with Crippen LogP contribution >= 0.6 is 0 Å². The van der Waals surface area contributed by atoms with Gasteiger partial charge in [0, 0.05) is 25.3 Å². The van der Waals surface area contributed by atoms with Crippen molar-refractivity contribution < 1.29 is 4.74 Å². The summed E-state index contributed by atoms with van der Waals surface area (Å²) >= 11 is 0. The van der Waals surface area contributed by atoms with Gasteiger partial charge in [-0.15, -0.1) is 0 Å². The summed E-state index contributed by atoms with van der Waals surface area (Å²) in [5.41, 5.74) is 0. The second kappa shape index (κ2) is 5.28. The van der Waals surface area contributed by atoms with Crippen molar-refractivity contribution in [3.8, 4) is 0 Å². The standard InChI is InChI=1S/C12H24N2O/c1-14(2)12(11-4-3-7-13-11)10-5-8-15-9-6-10/h10-13H,3-9H2,1-2H3. The van der Waals surface area contributed by atoms with Crippen LogP contribution in [0.25, 0.3) is 0 Å². The molecule has 1 N–H and O–H groups in total. The first-order chi connectivity index (χ1) is 7.29. The van der Waals surface area contributed by atoms with E-state index in [9.17, 15) is 0 Å². The Labute approximate surface area is 93.2 Å². The van der Waals surface area contributed by atoms with Crippen LogP contribution in [0.15, 0.2) is 0 Å². The minimum atomic E-state index is 0.705. The number of nitrogens with one attached hydrogen (secondary N) is 1. The predicted molar refractivity (Wildman–Crippen MR) is 62.0 cm³/mol. The molecule has 0 aliphatic carbocycles. The molecule has 2 heterocycles. The third kappa shape index (κ3) is 2.71. The van der Waals surface area contributed by atoms with Gasteiger partial charge in [0.05, 0.1) is 0 Å². The fourth-order valence-electron chi connectivity index (χ4n) is 3.17. The van der Waals surface area contributed by atoms with E-state index < -0.39 is 0 Å². The molecular formula is C12H24N2O. The molecule has 3 heteroatoms. The normalized spacial score (nSPS) is 31.0. The number of rotatable bonds is 3. The Hall–Kier alpha value is -0.120. The molecule has 2 aliphatic rings. The van der Waals surface area contributed by atoms with Crippen molar-refractivity contribution in [2.45, 2.75) is 37.8 Å². The van der Waals surface area contributed by atoms with Gasteiger partial charge in [-0.2, -0.15) is 0 Å². The van der Waals surface area contributed by atoms with E-state index in [0.717, 1.165) is 19.1 Å². The zero-order valence-corrected chi connectivity index (χ0v) is 10.0. The quantitative estimate of drug-likeness (QED) is 0.758. The zero-order chi connectivity index (χ0) is 10.7. The fraction of sp³-hybridized carbons (Fsp3) is 1.00. The number of hydrogen-bond acceptors (Lipinski definition) is 3. The zero-order valence-electron chi connectivity index (χ0n) is 10.0. The van der Waals surface area contributed by atoms with E-state index >= 15 is 0 Å². The second-order valence-electron chi connectivity index (χ2n) is 5.11. The van der Waals surface area contributed by atoms with Gasteiger partial charge < -0.3 is 15.0 Å². The first-order valence-electron chi connectivity index (χ1n) is 6.26. The lowest BCUT2D eigenvalue weighted by Crippen LogP contribution is -2.50. The van der Waals surface area contributed by atoms with E-state index in [4.69, 9.17) is 4.74 Å². The van der Waals surface area contributed by atoms with E-state index in [-0.39, 0.29) is 0 Å².